The molecule has 0 bridgehead atoms. The summed E-state index contributed by atoms with van der Waals surface area (Å²) in [6.07, 6.45) is 10.5. The Morgan fingerprint density at radius 2 is 2.09 bits per heavy atom. The van der Waals surface area contributed by atoms with E-state index in [0.717, 1.165) is 42.7 Å². The molecule has 3 rings (SSSR count). The van der Waals surface area contributed by atoms with Gasteiger partial charge in [-0.3, -0.25) is 0 Å². The van der Waals surface area contributed by atoms with Gasteiger partial charge in [-0.25, -0.2) is 4.79 Å². The highest BCUT2D eigenvalue weighted by Crippen LogP contribution is 2.29. The summed E-state index contributed by atoms with van der Waals surface area (Å²) in [5.74, 6) is 2.16. The molecule has 0 amide bonds. The van der Waals surface area contributed by atoms with Crippen LogP contribution in [0.15, 0.2) is 29.9 Å². The molecule has 0 radical (unpaired) electrons. The van der Waals surface area contributed by atoms with Crippen LogP contribution in [0.5, 0.6) is 0 Å². The van der Waals surface area contributed by atoms with Crippen molar-refractivity contribution in [2.75, 3.05) is 0 Å². The zero-order valence-electron chi connectivity index (χ0n) is 13.8. The van der Waals surface area contributed by atoms with Gasteiger partial charge in [-0.1, -0.05) is 56.5 Å². The van der Waals surface area contributed by atoms with E-state index in [1.54, 1.807) is 6.07 Å². The molecule has 3 nitrogen and oxygen atoms in total. The van der Waals surface area contributed by atoms with Crippen molar-refractivity contribution < 1.29 is 9.90 Å². The highest BCUT2D eigenvalue weighted by Gasteiger charge is 2.25. The van der Waals surface area contributed by atoms with Crippen LogP contribution >= 0.6 is 0 Å². The summed E-state index contributed by atoms with van der Waals surface area (Å²) in [4.78, 5) is 11.4. The molecule has 23 heavy (non-hydrogen) atoms. The first-order valence-electron chi connectivity index (χ1n) is 8.93. The van der Waals surface area contributed by atoms with Crippen molar-refractivity contribution in [3.05, 3.63) is 46.6 Å². The SMILES string of the molecule is N/C(=C\B1CCc2cccc(C(=O)O)c2C1)CC1CCCCC1. The normalized spacial score (nSPS) is 19.5. The second kappa shape index (κ2) is 7.24. The predicted molar refractivity (Wildman–Crippen MR) is 94.8 cm³/mol. The van der Waals surface area contributed by atoms with Crippen LogP contribution in [0.2, 0.25) is 6.32 Å². The van der Waals surface area contributed by atoms with Gasteiger partial charge in [-0.15, -0.1) is 0 Å². The molecular formula is C19H26BNO2. The minimum absolute atomic E-state index is 0.381. The lowest BCUT2D eigenvalue weighted by molar-refractivity contribution is 0.0696. The monoisotopic (exact) mass is 311 g/mol. The Hall–Kier alpha value is -1.71. The number of allylic oxidation sites excluding steroid dienone is 1. The van der Waals surface area contributed by atoms with Gasteiger partial charge >= 0.3 is 5.97 Å². The molecule has 2 aliphatic rings. The van der Waals surface area contributed by atoms with Gasteiger partial charge in [0, 0.05) is 0 Å². The fraction of sp³-hybridized carbons (Fsp3) is 0.526. The van der Waals surface area contributed by atoms with Gasteiger partial charge in [0.25, 0.3) is 0 Å². The van der Waals surface area contributed by atoms with Crippen LogP contribution in [0, 0.1) is 5.92 Å². The Balaban J connectivity index is 1.68. The van der Waals surface area contributed by atoms with Crippen molar-refractivity contribution in [1.82, 2.24) is 0 Å². The van der Waals surface area contributed by atoms with Crippen molar-refractivity contribution in [2.24, 2.45) is 11.7 Å². The molecule has 4 heteroatoms. The summed E-state index contributed by atoms with van der Waals surface area (Å²) in [7, 11) is 0. The van der Waals surface area contributed by atoms with Gasteiger partial charge in [-0.05, 0) is 48.0 Å². The minimum atomic E-state index is -0.818. The lowest BCUT2D eigenvalue weighted by Crippen LogP contribution is -2.25. The predicted octanol–water partition coefficient (Wildman–Crippen LogP) is 3.87. The van der Waals surface area contributed by atoms with E-state index in [4.69, 9.17) is 5.73 Å². The third-order valence-electron chi connectivity index (χ3n) is 5.45. The zero-order valence-corrected chi connectivity index (χ0v) is 13.8. The molecule has 122 valence electrons. The number of nitrogens with two attached hydrogens (primary N) is 1. The van der Waals surface area contributed by atoms with Gasteiger partial charge in [-0.2, -0.15) is 0 Å². The fourth-order valence-corrected chi connectivity index (χ4v) is 4.25. The fourth-order valence-electron chi connectivity index (χ4n) is 4.25. The number of carboxylic acids is 1. The van der Waals surface area contributed by atoms with E-state index < -0.39 is 5.97 Å². The number of carbonyl (C=O) groups is 1. The van der Waals surface area contributed by atoms with Crippen LogP contribution in [0.3, 0.4) is 0 Å². The van der Waals surface area contributed by atoms with E-state index in [-0.39, 0.29) is 0 Å². The lowest BCUT2D eigenvalue weighted by atomic mass is 9.40. The Bertz CT molecular complexity index is 605. The summed E-state index contributed by atoms with van der Waals surface area (Å²) < 4.78 is 0. The number of hydrogen-bond donors (Lipinski definition) is 2. The largest absolute Gasteiger partial charge is 0.478 e. The van der Waals surface area contributed by atoms with E-state index in [2.05, 4.69) is 12.0 Å². The number of aryl methyl sites for hydroxylation is 1. The third-order valence-corrected chi connectivity index (χ3v) is 5.45. The summed E-state index contributed by atoms with van der Waals surface area (Å²) in [5.41, 5.74) is 9.98. The molecule has 3 N–H and O–H groups in total. The maximum atomic E-state index is 11.4. The number of rotatable bonds is 4. The first kappa shape index (κ1) is 16.2. The van der Waals surface area contributed by atoms with Crippen LogP contribution < -0.4 is 5.73 Å². The molecule has 1 aromatic rings. The average Bonchev–Trinajstić information content (AvgIpc) is 2.55. The Kier molecular flexibility index (Phi) is 5.09. The molecular weight excluding hydrogens is 285 g/mol. The molecule has 0 atom stereocenters. The maximum Gasteiger partial charge on any atom is 0.335 e. The summed E-state index contributed by atoms with van der Waals surface area (Å²) in [6, 6.07) is 5.64. The van der Waals surface area contributed by atoms with Crippen LogP contribution in [-0.2, 0) is 12.7 Å². The number of hydrogen-bond acceptors (Lipinski definition) is 2. The van der Waals surface area contributed by atoms with Crippen LogP contribution in [-0.4, -0.2) is 17.8 Å². The Morgan fingerprint density at radius 3 is 2.83 bits per heavy atom. The van der Waals surface area contributed by atoms with Crippen LogP contribution in [0.4, 0.5) is 0 Å². The minimum Gasteiger partial charge on any atom is -0.478 e. The molecule has 0 unspecified atom stereocenters. The highest BCUT2D eigenvalue weighted by atomic mass is 16.4. The van der Waals surface area contributed by atoms with Gasteiger partial charge < -0.3 is 10.8 Å². The first-order valence-corrected chi connectivity index (χ1v) is 8.93. The second-order valence-corrected chi connectivity index (χ2v) is 7.20. The zero-order chi connectivity index (χ0) is 16.2. The van der Waals surface area contributed by atoms with Crippen molar-refractivity contribution in [3.8, 4) is 0 Å². The second-order valence-electron chi connectivity index (χ2n) is 7.20. The van der Waals surface area contributed by atoms with Gasteiger partial charge in [0.15, 0.2) is 6.71 Å². The van der Waals surface area contributed by atoms with Crippen molar-refractivity contribution in [2.45, 2.75) is 57.6 Å². The molecule has 1 aliphatic heterocycles. The maximum absolute atomic E-state index is 11.4. The van der Waals surface area contributed by atoms with E-state index in [9.17, 15) is 9.90 Å². The lowest BCUT2D eigenvalue weighted by Gasteiger charge is -2.24. The standard InChI is InChI=1S/C19H26BNO2/c21-16(11-14-5-2-1-3-6-14)12-20-10-9-15-7-4-8-17(19(22)23)18(15)13-20/h4,7-8,12,14H,1-3,5-6,9-11,13,21H2,(H,22,23)/b16-12-. The van der Waals surface area contributed by atoms with Crippen molar-refractivity contribution in [3.63, 3.8) is 0 Å². The molecule has 1 heterocycles. The van der Waals surface area contributed by atoms with Crippen LogP contribution in [0.25, 0.3) is 0 Å². The van der Waals surface area contributed by atoms with E-state index in [1.165, 1.54) is 37.7 Å². The first-order chi connectivity index (χ1) is 11.1. The molecule has 0 spiro atoms. The quantitative estimate of drug-likeness (QED) is 0.830. The molecule has 0 aromatic heterocycles. The number of aromatic carboxylic acids is 1. The Morgan fingerprint density at radius 1 is 1.30 bits per heavy atom. The van der Waals surface area contributed by atoms with Gasteiger partial charge in [0.1, 0.15) is 0 Å². The number of benzene rings is 1. The van der Waals surface area contributed by atoms with Crippen molar-refractivity contribution >= 4 is 12.7 Å². The van der Waals surface area contributed by atoms with E-state index in [0.29, 0.717) is 12.3 Å². The number of fused-ring (bicyclic) bond motifs is 1. The Labute approximate surface area is 139 Å². The topological polar surface area (TPSA) is 63.3 Å². The summed E-state index contributed by atoms with van der Waals surface area (Å²) >= 11 is 0. The molecule has 1 saturated carbocycles. The average molecular weight is 311 g/mol. The summed E-state index contributed by atoms with van der Waals surface area (Å²) in [5, 5.41) is 9.39. The molecule has 1 aromatic carbocycles. The number of carboxylic acid groups (broad SMARTS) is 1. The van der Waals surface area contributed by atoms with E-state index >= 15 is 0 Å². The molecule has 1 fully saturated rings. The van der Waals surface area contributed by atoms with E-state index in [1.807, 2.05) is 6.07 Å². The van der Waals surface area contributed by atoms with Crippen molar-refractivity contribution in [1.29, 1.82) is 0 Å². The van der Waals surface area contributed by atoms with Gasteiger partial charge in [0.2, 0.25) is 0 Å². The molecule has 0 saturated heterocycles. The van der Waals surface area contributed by atoms with Gasteiger partial charge in [0.05, 0.1) is 5.56 Å². The summed E-state index contributed by atoms with van der Waals surface area (Å²) in [6.45, 7) is 0.381. The molecule has 1 aliphatic carbocycles. The highest BCUT2D eigenvalue weighted by molar-refractivity contribution is 6.64. The smallest absolute Gasteiger partial charge is 0.335 e. The third kappa shape index (κ3) is 3.98. The van der Waals surface area contributed by atoms with Crippen LogP contribution in [0.1, 0.15) is 60.0 Å².